The minimum atomic E-state index is -3.40. The van der Waals surface area contributed by atoms with E-state index < -0.39 is 10.0 Å². The van der Waals surface area contributed by atoms with Gasteiger partial charge < -0.3 is 0 Å². The Morgan fingerprint density at radius 2 is 1.88 bits per heavy atom. The Hall–Kier alpha value is -1.17. The van der Waals surface area contributed by atoms with Crippen molar-refractivity contribution >= 4 is 21.4 Å². The summed E-state index contributed by atoms with van der Waals surface area (Å²) in [5, 5.41) is 1.96. The molecule has 5 heteroatoms. The summed E-state index contributed by atoms with van der Waals surface area (Å²) in [5.74, 6) is 0. The first-order valence-electron chi connectivity index (χ1n) is 5.17. The van der Waals surface area contributed by atoms with Crippen LogP contribution in [0.3, 0.4) is 0 Å². The number of hydrogen-bond donors (Lipinski definition) is 1. The molecule has 0 amide bonds. The lowest BCUT2D eigenvalue weighted by molar-refractivity contribution is 0.581. The normalized spacial score (nSPS) is 11.6. The summed E-state index contributed by atoms with van der Waals surface area (Å²) < 4.78 is 26.5. The van der Waals surface area contributed by atoms with Crippen molar-refractivity contribution in [3.8, 4) is 0 Å². The molecule has 0 fully saturated rings. The van der Waals surface area contributed by atoms with Gasteiger partial charge in [0.1, 0.15) is 0 Å². The number of sulfonamides is 1. The monoisotopic (exact) mass is 267 g/mol. The largest absolute Gasteiger partial charge is 0.240 e. The van der Waals surface area contributed by atoms with Crippen molar-refractivity contribution < 1.29 is 8.42 Å². The molecule has 0 aliphatic heterocycles. The minimum absolute atomic E-state index is 0.300. The zero-order chi connectivity index (χ0) is 12.3. The summed E-state index contributed by atoms with van der Waals surface area (Å²) in [4.78, 5) is 1.35. The van der Waals surface area contributed by atoms with Crippen LogP contribution in [0.5, 0.6) is 0 Å². The van der Waals surface area contributed by atoms with Gasteiger partial charge in [0.25, 0.3) is 0 Å². The molecule has 0 bridgehead atoms. The van der Waals surface area contributed by atoms with Gasteiger partial charge in [-0.15, -0.1) is 11.3 Å². The average Bonchev–Trinajstić information content (AvgIpc) is 2.74. The van der Waals surface area contributed by atoms with Crippen molar-refractivity contribution in [2.24, 2.45) is 0 Å². The van der Waals surface area contributed by atoms with Gasteiger partial charge in [-0.3, -0.25) is 0 Å². The molecule has 1 aromatic carbocycles. The van der Waals surface area contributed by atoms with E-state index >= 15 is 0 Å². The Bertz CT molecular complexity index is 588. The van der Waals surface area contributed by atoms with Crippen LogP contribution in [-0.4, -0.2) is 8.42 Å². The molecule has 0 saturated carbocycles. The molecule has 1 heterocycles. The topological polar surface area (TPSA) is 46.2 Å². The van der Waals surface area contributed by atoms with Crippen LogP contribution in [0.1, 0.15) is 10.4 Å². The number of benzene rings is 1. The summed E-state index contributed by atoms with van der Waals surface area (Å²) in [7, 11) is -3.40. The molecule has 0 saturated heterocycles. The zero-order valence-corrected chi connectivity index (χ0v) is 11.0. The molecule has 2 aromatic rings. The summed E-state index contributed by atoms with van der Waals surface area (Å²) in [6.45, 7) is 2.32. The standard InChI is InChI=1S/C12H13NO2S2/c1-10-7-8-16-12(10)9-13-17(14,15)11-5-3-2-4-6-11/h2-8,13H,9H2,1H3. The van der Waals surface area contributed by atoms with Crippen LogP contribution in [-0.2, 0) is 16.6 Å². The molecule has 0 radical (unpaired) electrons. The smallest absolute Gasteiger partial charge is 0.207 e. The Labute approximate surface area is 105 Å². The van der Waals surface area contributed by atoms with Crippen LogP contribution < -0.4 is 4.72 Å². The second kappa shape index (κ2) is 5.00. The number of hydrogen-bond acceptors (Lipinski definition) is 3. The van der Waals surface area contributed by atoms with Crippen molar-refractivity contribution in [1.29, 1.82) is 0 Å². The lowest BCUT2D eigenvalue weighted by Crippen LogP contribution is -2.22. The van der Waals surface area contributed by atoms with Gasteiger partial charge in [0.05, 0.1) is 4.90 Å². The molecular formula is C12H13NO2S2. The Balaban J connectivity index is 2.12. The van der Waals surface area contributed by atoms with E-state index in [-0.39, 0.29) is 0 Å². The number of aryl methyl sites for hydroxylation is 1. The van der Waals surface area contributed by atoms with E-state index in [2.05, 4.69) is 4.72 Å². The molecule has 0 spiro atoms. The molecule has 0 atom stereocenters. The quantitative estimate of drug-likeness (QED) is 0.925. The predicted molar refractivity (Wildman–Crippen MR) is 69.5 cm³/mol. The summed E-state index contributed by atoms with van der Waals surface area (Å²) in [6.07, 6.45) is 0. The highest BCUT2D eigenvalue weighted by molar-refractivity contribution is 7.89. The van der Waals surface area contributed by atoms with Crippen LogP contribution in [0.15, 0.2) is 46.7 Å². The van der Waals surface area contributed by atoms with E-state index in [4.69, 9.17) is 0 Å². The second-order valence-corrected chi connectivity index (χ2v) is 6.43. The van der Waals surface area contributed by atoms with E-state index in [1.54, 1.807) is 41.7 Å². The lowest BCUT2D eigenvalue weighted by Gasteiger charge is -2.05. The molecule has 17 heavy (non-hydrogen) atoms. The van der Waals surface area contributed by atoms with Gasteiger partial charge in [0.2, 0.25) is 10.0 Å². The van der Waals surface area contributed by atoms with Crippen molar-refractivity contribution in [1.82, 2.24) is 4.72 Å². The van der Waals surface area contributed by atoms with E-state index in [9.17, 15) is 8.42 Å². The molecule has 3 nitrogen and oxygen atoms in total. The third-order valence-corrected chi connectivity index (χ3v) is 4.88. The first-order valence-corrected chi connectivity index (χ1v) is 7.53. The van der Waals surface area contributed by atoms with Crippen LogP contribution in [0, 0.1) is 6.92 Å². The number of rotatable bonds is 4. The molecule has 0 aliphatic rings. The molecule has 0 aliphatic carbocycles. The first kappa shape index (κ1) is 12.3. The van der Waals surface area contributed by atoms with Crippen molar-refractivity contribution in [3.05, 3.63) is 52.2 Å². The number of thiophene rings is 1. The molecule has 1 N–H and O–H groups in total. The maximum Gasteiger partial charge on any atom is 0.240 e. The highest BCUT2D eigenvalue weighted by Gasteiger charge is 2.13. The van der Waals surface area contributed by atoms with Crippen molar-refractivity contribution in [2.45, 2.75) is 18.4 Å². The van der Waals surface area contributed by atoms with Gasteiger partial charge in [0, 0.05) is 11.4 Å². The Morgan fingerprint density at radius 3 is 2.47 bits per heavy atom. The third-order valence-electron chi connectivity index (χ3n) is 2.44. The number of nitrogens with one attached hydrogen (secondary N) is 1. The highest BCUT2D eigenvalue weighted by atomic mass is 32.2. The Morgan fingerprint density at radius 1 is 1.18 bits per heavy atom. The minimum Gasteiger partial charge on any atom is -0.207 e. The summed E-state index contributed by atoms with van der Waals surface area (Å²) in [5.41, 5.74) is 1.12. The average molecular weight is 267 g/mol. The highest BCUT2D eigenvalue weighted by Crippen LogP contribution is 2.16. The molecular weight excluding hydrogens is 254 g/mol. The van der Waals surface area contributed by atoms with Gasteiger partial charge >= 0.3 is 0 Å². The fourth-order valence-corrected chi connectivity index (χ4v) is 3.38. The van der Waals surface area contributed by atoms with E-state index in [0.717, 1.165) is 10.4 Å². The van der Waals surface area contributed by atoms with Gasteiger partial charge in [-0.25, -0.2) is 13.1 Å². The van der Waals surface area contributed by atoms with Crippen molar-refractivity contribution in [3.63, 3.8) is 0 Å². The van der Waals surface area contributed by atoms with Gasteiger partial charge in [-0.1, -0.05) is 18.2 Å². The SMILES string of the molecule is Cc1ccsc1CNS(=O)(=O)c1ccccc1. The fraction of sp³-hybridized carbons (Fsp3) is 0.167. The lowest BCUT2D eigenvalue weighted by atomic mass is 10.3. The van der Waals surface area contributed by atoms with E-state index in [1.165, 1.54) is 0 Å². The van der Waals surface area contributed by atoms with Crippen LogP contribution >= 0.6 is 11.3 Å². The predicted octanol–water partition coefficient (Wildman–Crippen LogP) is 2.54. The van der Waals surface area contributed by atoms with Crippen molar-refractivity contribution in [2.75, 3.05) is 0 Å². The van der Waals surface area contributed by atoms with Crippen LogP contribution in [0.4, 0.5) is 0 Å². The summed E-state index contributed by atoms with van der Waals surface area (Å²) >= 11 is 1.56. The third kappa shape index (κ3) is 2.94. The van der Waals surface area contributed by atoms with Gasteiger partial charge in [-0.05, 0) is 36.1 Å². The Kier molecular flexibility index (Phi) is 3.61. The van der Waals surface area contributed by atoms with E-state index in [1.807, 2.05) is 18.4 Å². The zero-order valence-electron chi connectivity index (χ0n) is 9.38. The van der Waals surface area contributed by atoms with Crippen LogP contribution in [0.2, 0.25) is 0 Å². The van der Waals surface area contributed by atoms with Gasteiger partial charge in [-0.2, -0.15) is 0 Å². The molecule has 2 rings (SSSR count). The van der Waals surface area contributed by atoms with Gasteiger partial charge in [0.15, 0.2) is 0 Å². The second-order valence-electron chi connectivity index (χ2n) is 3.66. The maximum absolute atomic E-state index is 11.9. The molecule has 1 aromatic heterocycles. The molecule has 90 valence electrons. The molecule has 0 unspecified atom stereocenters. The summed E-state index contributed by atoms with van der Waals surface area (Å²) in [6, 6.07) is 10.4. The van der Waals surface area contributed by atoms with E-state index in [0.29, 0.717) is 11.4 Å². The first-order chi connectivity index (χ1) is 8.09. The maximum atomic E-state index is 11.9. The van der Waals surface area contributed by atoms with Crippen LogP contribution in [0.25, 0.3) is 0 Å². The fourth-order valence-electron chi connectivity index (χ4n) is 1.43.